The monoisotopic (exact) mass is 154 g/mol. The molecule has 0 N–H and O–H groups in total. The highest BCUT2D eigenvalue weighted by Crippen LogP contribution is 2.00. The van der Waals surface area contributed by atoms with Gasteiger partial charge in [-0.05, 0) is 5.56 Å². The smallest absolute Gasteiger partial charge is 0.255 e. The van der Waals surface area contributed by atoms with Crippen molar-refractivity contribution in [2.75, 3.05) is 0 Å². The van der Waals surface area contributed by atoms with Crippen LogP contribution >= 0.6 is 0 Å². The van der Waals surface area contributed by atoms with E-state index in [1.54, 1.807) is 24.3 Å². The highest BCUT2D eigenvalue weighted by molar-refractivity contribution is 5.71. The van der Waals surface area contributed by atoms with E-state index in [1.807, 2.05) is 6.07 Å². The predicted octanol–water partition coefficient (Wildman–Crippen LogP) is 1.66. The summed E-state index contributed by atoms with van der Waals surface area (Å²) in [5, 5.41) is 0. The van der Waals surface area contributed by atoms with Crippen molar-refractivity contribution in [3.8, 4) is 0 Å². The van der Waals surface area contributed by atoms with Gasteiger partial charge < -0.3 is 0 Å². The van der Waals surface area contributed by atoms with Crippen LogP contribution in [0.4, 0.5) is 4.53 Å². The fraction of sp³-hybridized carbons (Fsp3) is 0.125. The number of carbonyl (C=O) groups is 1. The second-order valence-corrected chi connectivity index (χ2v) is 2.11. The van der Waals surface area contributed by atoms with Crippen LogP contribution in [0.15, 0.2) is 30.3 Å². The molecule has 3 heteroatoms. The Morgan fingerprint density at radius 2 is 2.00 bits per heavy atom. The third-order valence-corrected chi connectivity index (χ3v) is 1.28. The number of rotatable bonds is 2. The molecule has 1 aromatic carbocycles. The Bertz CT molecular complexity index is 233. The molecule has 0 saturated heterocycles. The Morgan fingerprint density at radius 1 is 1.36 bits per heavy atom. The van der Waals surface area contributed by atoms with Gasteiger partial charge in [-0.3, -0.25) is 4.94 Å². The van der Waals surface area contributed by atoms with Gasteiger partial charge in [0.15, 0.2) is 0 Å². The highest BCUT2D eigenvalue weighted by Gasteiger charge is 2.02. The lowest BCUT2D eigenvalue weighted by atomic mass is 10.2. The normalized spacial score (nSPS) is 9.18. The van der Waals surface area contributed by atoms with Crippen LogP contribution in [0.25, 0.3) is 0 Å². The first kappa shape index (κ1) is 7.72. The van der Waals surface area contributed by atoms with Crippen LogP contribution in [0.2, 0.25) is 0 Å². The zero-order valence-corrected chi connectivity index (χ0v) is 5.79. The first-order chi connectivity index (χ1) is 5.33. The van der Waals surface area contributed by atoms with Gasteiger partial charge in [0, 0.05) is 4.53 Å². The summed E-state index contributed by atoms with van der Waals surface area (Å²) in [6, 6.07) is 8.85. The molecule has 0 atom stereocenters. The molecule has 0 heterocycles. The first-order valence-electron chi connectivity index (χ1n) is 3.18. The molecule has 0 unspecified atom stereocenters. The third kappa shape index (κ3) is 2.37. The molecule has 0 fully saturated rings. The standard InChI is InChI=1S/C8H7FO2/c9-11-8(10)6-7-4-2-1-3-5-7/h1-5H,6H2. The quantitative estimate of drug-likeness (QED) is 0.647. The van der Waals surface area contributed by atoms with Crippen molar-refractivity contribution in [3.63, 3.8) is 0 Å². The van der Waals surface area contributed by atoms with Crippen LogP contribution in [0.5, 0.6) is 0 Å². The molecule has 0 aliphatic carbocycles. The summed E-state index contributed by atoms with van der Waals surface area (Å²) in [7, 11) is 0. The maximum absolute atomic E-state index is 11.2. The Hall–Kier alpha value is -1.38. The molecule has 2 nitrogen and oxygen atoms in total. The molecule has 0 aliphatic rings. The fourth-order valence-corrected chi connectivity index (χ4v) is 0.790. The maximum Gasteiger partial charge on any atom is 0.353 e. The van der Waals surface area contributed by atoms with Gasteiger partial charge in [-0.15, -0.1) is 0 Å². The first-order valence-corrected chi connectivity index (χ1v) is 3.18. The second kappa shape index (κ2) is 3.71. The van der Waals surface area contributed by atoms with Crippen molar-refractivity contribution < 1.29 is 14.3 Å². The largest absolute Gasteiger partial charge is 0.353 e. The molecule has 0 bridgehead atoms. The molecular weight excluding hydrogens is 147 g/mol. The van der Waals surface area contributed by atoms with E-state index in [2.05, 4.69) is 4.94 Å². The summed E-state index contributed by atoms with van der Waals surface area (Å²) >= 11 is 0. The van der Waals surface area contributed by atoms with Crippen LogP contribution in [-0.2, 0) is 16.2 Å². The summed E-state index contributed by atoms with van der Waals surface area (Å²) in [5.74, 6) is -0.865. The minimum atomic E-state index is -0.865. The van der Waals surface area contributed by atoms with Gasteiger partial charge in [-0.1, -0.05) is 30.3 Å². The van der Waals surface area contributed by atoms with Crippen molar-refractivity contribution in [3.05, 3.63) is 35.9 Å². The molecule has 0 aliphatic heterocycles. The van der Waals surface area contributed by atoms with E-state index in [1.165, 1.54) is 0 Å². The summed E-state index contributed by atoms with van der Waals surface area (Å²) in [5.41, 5.74) is 0.746. The average Bonchev–Trinajstić information content (AvgIpc) is 2.06. The van der Waals surface area contributed by atoms with Crippen molar-refractivity contribution in [1.82, 2.24) is 0 Å². The Balaban J connectivity index is 2.58. The van der Waals surface area contributed by atoms with Crippen LogP contribution in [0.1, 0.15) is 5.56 Å². The van der Waals surface area contributed by atoms with Gasteiger partial charge in [0.2, 0.25) is 0 Å². The van der Waals surface area contributed by atoms with Crippen LogP contribution in [-0.4, -0.2) is 5.97 Å². The fourth-order valence-electron chi connectivity index (χ4n) is 0.790. The molecule has 58 valence electrons. The van der Waals surface area contributed by atoms with E-state index in [9.17, 15) is 9.32 Å². The molecule has 0 aromatic heterocycles. The van der Waals surface area contributed by atoms with Gasteiger partial charge in [0.05, 0.1) is 6.42 Å². The van der Waals surface area contributed by atoms with Crippen LogP contribution < -0.4 is 0 Å². The Labute approximate surface area is 63.5 Å². The number of hydrogen-bond acceptors (Lipinski definition) is 2. The maximum atomic E-state index is 11.2. The Morgan fingerprint density at radius 3 is 2.55 bits per heavy atom. The van der Waals surface area contributed by atoms with Crippen LogP contribution in [0, 0.1) is 0 Å². The molecule has 1 rings (SSSR count). The summed E-state index contributed by atoms with van der Waals surface area (Å²) in [4.78, 5) is 13.4. The highest BCUT2D eigenvalue weighted by atomic mass is 19.3. The molecule has 11 heavy (non-hydrogen) atoms. The minimum Gasteiger partial charge on any atom is -0.255 e. The number of hydrogen-bond donors (Lipinski definition) is 0. The van der Waals surface area contributed by atoms with E-state index < -0.39 is 5.97 Å². The topological polar surface area (TPSA) is 26.3 Å². The minimum absolute atomic E-state index is 0.0165. The molecule has 0 radical (unpaired) electrons. The SMILES string of the molecule is O=C(Cc1ccccc1)OF. The van der Waals surface area contributed by atoms with Gasteiger partial charge in [-0.2, -0.15) is 0 Å². The van der Waals surface area contributed by atoms with Gasteiger partial charge in [0.1, 0.15) is 0 Å². The van der Waals surface area contributed by atoms with Crippen molar-refractivity contribution >= 4 is 5.97 Å². The van der Waals surface area contributed by atoms with Crippen LogP contribution in [0.3, 0.4) is 0 Å². The van der Waals surface area contributed by atoms with E-state index >= 15 is 0 Å². The summed E-state index contributed by atoms with van der Waals surface area (Å²) in [6.45, 7) is 0. The van der Waals surface area contributed by atoms with E-state index in [-0.39, 0.29) is 6.42 Å². The number of benzene rings is 1. The molecule has 0 saturated carbocycles. The summed E-state index contributed by atoms with van der Waals surface area (Å²) < 4.78 is 11.2. The van der Waals surface area contributed by atoms with Crippen molar-refractivity contribution in [2.45, 2.75) is 6.42 Å². The Kier molecular flexibility index (Phi) is 2.60. The average molecular weight is 154 g/mol. The van der Waals surface area contributed by atoms with Crippen molar-refractivity contribution in [2.24, 2.45) is 0 Å². The predicted molar refractivity (Wildman–Crippen MR) is 37.3 cm³/mol. The molecule has 1 aromatic rings. The zero-order valence-electron chi connectivity index (χ0n) is 5.79. The lowest BCUT2D eigenvalue weighted by Crippen LogP contribution is -2.01. The van der Waals surface area contributed by atoms with E-state index in [4.69, 9.17) is 0 Å². The zero-order chi connectivity index (χ0) is 8.10. The number of halogens is 1. The third-order valence-electron chi connectivity index (χ3n) is 1.28. The van der Waals surface area contributed by atoms with Gasteiger partial charge in [0.25, 0.3) is 0 Å². The molecule has 0 amide bonds. The second-order valence-electron chi connectivity index (χ2n) is 2.11. The van der Waals surface area contributed by atoms with Crippen molar-refractivity contribution in [1.29, 1.82) is 0 Å². The number of carbonyl (C=O) groups excluding carboxylic acids is 1. The van der Waals surface area contributed by atoms with Gasteiger partial charge in [-0.25, -0.2) is 4.79 Å². The summed E-state index contributed by atoms with van der Waals surface area (Å²) in [6.07, 6.45) is -0.0165. The lowest BCUT2D eigenvalue weighted by Gasteiger charge is -1.94. The lowest BCUT2D eigenvalue weighted by molar-refractivity contribution is -0.182. The molecular formula is C8H7FO2. The molecule has 0 spiro atoms. The van der Waals surface area contributed by atoms with Gasteiger partial charge >= 0.3 is 5.97 Å². The van der Waals surface area contributed by atoms with E-state index in [0.717, 1.165) is 5.56 Å². The van der Waals surface area contributed by atoms with E-state index in [0.29, 0.717) is 0 Å².